The van der Waals surface area contributed by atoms with Crippen LogP contribution in [-0.4, -0.2) is 29.0 Å². The summed E-state index contributed by atoms with van der Waals surface area (Å²) in [6.45, 7) is 5.69. The van der Waals surface area contributed by atoms with Gasteiger partial charge in [0.1, 0.15) is 0 Å². The number of aryl methyl sites for hydroxylation is 1. The summed E-state index contributed by atoms with van der Waals surface area (Å²) >= 11 is 0. The molecule has 0 saturated carbocycles. The molecule has 2 aromatic rings. The molecule has 20 heavy (non-hydrogen) atoms. The summed E-state index contributed by atoms with van der Waals surface area (Å²) < 4.78 is 7.81. The van der Waals surface area contributed by atoms with E-state index in [4.69, 9.17) is 9.84 Å². The minimum Gasteiger partial charge on any atom is -0.377 e. The molecule has 1 aromatic carbocycles. The zero-order valence-corrected chi connectivity index (χ0v) is 12.1. The molecule has 4 heteroatoms. The first-order valence-corrected chi connectivity index (χ1v) is 7.65. The summed E-state index contributed by atoms with van der Waals surface area (Å²) in [6, 6.07) is 8.45. The zero-order valence-electron chi connectivity index (χ0n) is 12.1. The number of aromatic nitrogens is 2. The van der Waals surface area contributed by atoms with Gasteiger partial charge in [-0.3, -0.25) is 4.68 Å². The molecule has 3 rings (SSSR count). The monoisotopic (exact) mass is 273 g/mol. The standard InChI is InChI=1S/C16H23N3O/c1-2-19-16-9-4-3-8-14(16)15(18-19)12-17-11-13-7-5-6-10-20-13/h3-4,8-9,13,17H,2,5-7,10-12H2,1H3. The molecule has 1 aromatic heterocycles. The number of ether oxygens (including phenoxy) is 1. The predicted molar refractivity (Wildman–Crippen MR) is 80.7 cm³/mol. The van der Waals surface area contributed by atoms with E-state index in [0.29, 0.717) is 6.10 Å². The number of fused-ring (bicyclic) bond motifs is 1. The Kier molecular flexibility index (Phi) is 4.33. The van der Waals surface area contributed by atoms with E-state index in [1.54, 1.807) is 0 Å². The molecule has 2 heterocycles. The number of benzene rings is 1. The van der Waals surface area contributed by atoms with Crippen molar-refractivity contribution in [2.75, 3.05) is 13.2 Å². The van der Waals surface area contributed by atoms with Gasteiger partial charge in [-0.25, -0.2) is 0 Å². The summed E-state index contributed by atoms with van der Waals surface area (Å²) in [5.74, 6) is 0. The maximum absolute atomic E-state index is 5.74. The van der Waals surface area contributed by atoms with Gasteiger partial charge in [-0.2, -0.15) is 5.10 Å². The van der Waals surface area contributed by atoms with E-state index in [0.717, 1.165) is 31.9 Å². The Labute approximate surface area is 120 Å². The van der Waals surface area contributed by atoms with Crippen LogP contribution in [0, 0.1) is 0 Å². The molecular weight excluding hydrogens is 250 g/mol. The minimum absolute atomic E-state index is 0.378. The van der Waals surface area contributed by atoms with Crippen molar-refractivity contribution in [2.45, 2.75) is 45.4 Å². The van der Waals surface area contributed by atoms with Crippen molar-refractivity contribution in [1.29, 1.82) is 0 Å². The third kappa shape index (κ3) is 2.86. The second-order valence-corrected chi connectivity index (χ2v) is 5.40. The maximum Gasteiger partial charge on any atom is 0.0841 e. The number of hydrogen-bond donors (Lipinski definition) is 1. The average Bonchev–Trinajstić information content (AvgIpc) is 2.87. The molecule has 0 spiro atoms. The van der Waals surface area contributed by atoms with Crippen molar-refractivity contribution in [3.63, 3.8) is 0 Å². The van der Waals surface area contributed by atoms with Crippen molar-refractivity contribution in [2.24, 2.45) is 0 Å². The lowest BCUT2D eigenvalue weighted by Crippen LogP contribution is -2.31. The smallest absolute Gasteiger partial charge is 0.0841 e. The highest BCUT2D eigenvalue weighted by Gasteiger charge is 2.14. The number of rotatable bonds is 5. The SMILES string of the molecule is CCn1nc(CNCC2CCCCO2)c2ccccc21. The quantitative estimate of drug-likeness (QED) is 0.910. The van der Waals surface area contributed by atoms with Gasteiger partial charge in [0.2, 0.25) is 0 Å². The molecule has 1 aliphatic rings. The van der Waals surface area contributed by atoms with Crippen LogP contribution in [0.15, 0.2) is 24.3 Å². The van der Waals surface area contributed by atoms with Crippen LogP contribution in [0.2, 0.25) is 0 Å². The summed E-state index contributed by atoms with van der Waals surface area (Å²) in [7, 11) is 0. The van der Waals surface area contributed by atoms with E-state index >= 15 is 0 Å². The molecule has 1 unspecified atom stereocenters. The minimum atomic E-state index is 0.378. The highest BCUT2D eigenvalue weighted by atomic mass is 16.5. The average molecular weight is 273 g/mol. The van der Waals surface area contributed by atoms with Crippen LogP contribution in [0.5, 0.6) is 0 Å². The number of para-hydroxylation sites is 1. The molecule has 0 radical (unpaired) electrons. The topological polar surface area (TPSA) is 39.1 Å². The largest absolute Gasteiger partial charge is 0.377 e. The summed E-state index contributed by atoms with van der Waals surface area (Å²) in [5.41, 5.74) is 2.36. The number of hydrogen-bond acceptors (Lipinski definition) is 3. The van der Waals surface area contributed by atoms with Crippen LogP contribution in [-0.2, 0) is 17.8 Å². The van der Waals surface area contributed by atoms with Gasteiger partial charge in [0.15, 0.2) is 0 Å². The fraction of sp³-hybridized carbons (Fsp3) is 0.562. The predicted octanol–water partition coefficient (Wildman–Crippen LogP) is 2.71. The van der Waals surface area contributed by atoms with Crippen LogP contribution in [0.3, 0.4) is 0 Å². The highest BCUT2D eigenvalue weighted by Crippen LogP contribution is 2.18. The van der Waals surface area contributed by atoms with Gasteiger partial charge in [0.25, 0.3) is 0 Å². The molecular formula is C16H23N3O. The van der Waals surface area contributed by atoms with Gasteiger partial charge in [-0.1, -0.05) is 18.2 Å². The summed E-state index contributed by atoms with van der Waals surface area (Å²) in [5, 5.41) is 9.46. The van der Waals surface area contributed by atoms with Crippen LogP contribution in [0.1, 0.15) is 31.9 Å². The molecule has 0 bridgehead atoms. The molecule has 0 aliphatic carbocycles. The number of nitrogens with zero attached hydrogens (tertiary/aromatic N) is 2. The second-order valence-electron chi connectivity index (χ2n) is 5.40. The third-order valence-corrected chi connectivity index (χ3v) is 3.97. The van der Waals surface area contributed by atoms with E-state index in [1.807, 2.05) is 0 Å². The van der Waals surface area contributed by atoms with E-state index in [1.165, 1.54) is 30.2 Å². The Morgan fingerprint density at radius 2 is 2.25 bits per heavy atom. The third-order valence-electron chi connectivity index (χ3n) is 3.97. The zero-order chi connectivity index (χ0) is 13.8. The Balaban J connectivity index is 1.65. The molecule has 1 saturated heterocycles. The van der Waals surface area contributed by atoms with E-state index in [2.05, 4.69) is 41.2 Å². The van der Waals surface area contributed by atoms with Gasteiger partial charge < -0.3 is 10.1 Å². The van der Waals surface area contributed by atoms with Crippen LogP contribution < -0.4 is 5.32 Å². The second kappa shape index (κ2) is 6.37. The number of nitrogens with one attached hydrogen (secondary N) is 1. The molecule has 108 valence electrons. The first-order valence-electron chi connectivity index (χ1n) is 7.65. The van der Waals surface area contributed by atoms with Crippen LogP contribution >= 0.6 is 0 Å². The molecule has 0 amide bonds. The molecule has 1 aliphatic heterocycles. The Morgan fingerprint density at radius 1 is 1.35 bits per heavy atom. The van der Waals surface area contributed by atoms with Gasteiger partial charge in [0, 0.05) is 31.6 Å². The maximum atomic E-state index is 5.74. The molecule has 1 N–H and O–H groups in total. The van der Waals surface area contributed by atoms with Crippen molar-refractivity contribution >= 4 is 10.9 Å². The van der Waals surface area contributed by atoms with Gasteiger partial charge in [0.05, 0.1) is 17.3 Å². The lowest BCUT2D eigenvalue weighted by atomic mass is 10.1. The van der Waals surface area contributed by atoms with Crippen molar-refractivity contribution in [3.8, 4) is 0 Å². The van der Waals surface area contributed by atoms with Crippen molar-refractivity contribution in [3.05, 3.63) is 30.0 Å². The fourth-order valence-corrected chi connectivity index (χ4v) is 2.89. The Hall–Kier alpha value is -1.39. The van der Waals surface area contributed by atoms with Gasteiger partial charge in [-0.15, -0.1) is 0 Å². The first-order chi connectivity index (χ1) is 9.88. The summed E-state index contributed by atoms with van der Waals surface area (Å²) in [4.78, 5) is 0. The van der Waals surface area contributed by atoms with E-state index in [9.17, 15) is 0 Å². The first kappa shape index (κ1) is 13.6. The van der Waals surface area contributed by atoms with Gasteiger partial charge in [-0.05, 0) is 32.3 Å². The Morgan fingerprint density at radius 3 is 3.05 bits per heavy atom. The molecule has 1 fully saturated rings. The Bertz CT molecular complexity index is 558. The lowest BCUT2D eigenvalue weighted by molar-refractivity contribution is 0.0167. The molecule has 1 atom stereocenters. The molecule has 4 nitrogen and oxygen atoms in total. The fourth-order valence-electron chi connectivity index (χ4n) is 2.89. The van der Waals surface area contributed by atoms with Gasteiger partial charge >= 0.3 is 0 Å². The lowest BCUT2D eigenvalue weighted by Gasteiger charge is -2.22. The van der Waals surface area contributed by atoms with Crippen molar-refractivity contribution < 1.29 is 4.74 Å². The highest BCUT2D eigenvalue weighted by molar-refractivity contribution is 5.81. The van der Waals surface area contributed by atoms with Crippen molar-refractivity contribution in [1.82, 2.24) is 15.1 Å². The van der Waals surface area contributed by atoms with E-state index in [-0.39, 0.29) is 0 Å². The normalized spacial score (nSPS) is 19.6. The van der Waals surface area contributed by atoms with Crippen LogP contribution in [0.4, 0.5) is 0 Å². The van der Waals surface area contributed by atoms with E-state index < -0.39 is 0 Å². The van der Waals surface area contributed by atoms with Crippen LogP contribution in [0.25, 0.3) is 10.9 Å². The summed E-state index contributed by atoms with van der Waals surface area (Å²) in [6.07, 6.45) is 4.06.